The lowest BCUT2D eigenvalue weighted by Gasteiger charge is -2.04. The van der Waals surface area contributed by atoms with Crippen LogP contribution in [-0.4, -0.2) is 12.4 Å². The van der Waals surface area contributed by atoms with Crippen molar-refractivity contribution in [2.24, 2.45) is 0 Å². The number of halogens is 2. The third-order valence-electron chi connectivity index (χ3n) is 1.60. The molecule has 0 bridgehead atoms. The lowest BCUT2D eigenvalue weighted by Crippen LogP contribution is -1.97. The van der Waals surface area contributed by atoms with Crippen LogP contribution in [0.3, 0.4) is 0 Å². The maximum Gasteiger partial charge on any atom is 0.252 e. The number of nitriles is 1. The first-order chi connectivity index (χ1) is 6.60. The Balaban J connectivity index is 3.41. The summed E-state index contributed by atoms with van der Waals surface area (Å²) >= 11 is 5.14. The van der Waals surface area contributed by atoms with E-state index in [0.29, 0.717) is 0 Å². The minimum Gasteiger partial charge on any atom is -0.492 e. The van der Waals surface area contributed by atoms with Gasteiger partial charge in [-0.15, -0.1) is 0 Å². The number of benzene rings is 1. The van der Waals surface area contributed by atoms with Crippen molar-refractivity contribution in [1.29, 1.82) is 5.26 Å². The normalized spacial score (nSPS) is 9.29. The van der Waals surface area contributed by atoms with Crippen molar-refractivity contribution >= 4 is 16.8 Å². The van der Waals surface area contributed by atoms with Gasteiger partial charge in [-0.1, -0.05) is 0 Å². The Hall–Kier alpha value is -1.60. The summed E-state index contributed by atoms with van der Waals surface area (Å²) in [5.41, 5.74) is -0.127. The van der Waals surface area contributed by atoms with Crippen LogP contribution in [0.15, 0.2) is 12.1 Å². The van der Waals surface area contributed by atoms with Crippen LogP contribution in [0.4, 0.5) is 4.39 Å². The molecular formula is C9H5ClFNO2. The van der Waals surface area contributed by atoms with Gasteiger partial charge in [-0.05, 0) is 23.7 Å². The van der Waals surface area contributed by atoms with Crippen molar-refractivity contribution in [3.05, 3.63) is 29.1 Å². The Kier molecular flexibility index (Phi) is 3.05. The Morgan fingerprint density at radius 1 is 1.64 bits per heavy atom. The molecule has 3 nitrogen and oxygen atoms in total. The molecule has 0 fully saturated rings. The van der Waals surface area contributed by atoms with E-state index in [4.69, 9.17) is 16.9 Å². The van der Waals surface area contributed by atoms with E-state index in [2.05, 4.69) is 4.74 Å². The molecule has 1 aromatic carbocycles. The second-order valence-corrected chi connectivity index (χ2v) is 2.77. The van der Waals surface area contributed by atoms with Gasteiger partial charge < -0.3 is 4.74 Å². The summed E-state index contributed by atoms with van der Waals surface area (Å²) < 4.78 is 17.8. The first-order valence-electron chi connectivity index (χ1n) is 3.57. The molecule has 0 N–H and O–H groups in total. The zero-order valence-corrected chi connectivity index (χ0v) is 7.93. The average Bonchev–Trinajstić information content (AvgIpc) is 2.16. The van der Waals surface area contributed by atoms with E-state index in [-0.39, 0.29) is 16.9 Å². The van der Waals surface area contributed by atoms with Gasteiger partial charge in [-0.3, -0.25) is 4.79 Å². The molecule has 0 aliphatic carbocycles. The lowest BCUT2D eigenvalue weighted by atomic mass is 10.1. The van der Waals surface area contributed by atoms with Gasteiger partial charge in [0.15, 0.2) is 11.6 Å². The number of nitrogens with zero attached hydrogens (tertiary/aromatic N) is 1. The minimum atomic E-state index is -0.817. The molecule has 1 rings (SSSR count). The van der Waals surface area contributed by atoms with Crippen LogP contribution in [0.1, 0.15) is 15.9 Å². The number of carbonyl (C=O) groups excluding carboxylic acids is 1. The summed E-state index contributed by atoms with van der Waals surface area (Å²) in [6.07, 6.45) is 0. The fourth-order valence-electron chi connectivity index (χ4n) is 0.997. The number of ether oxygens (including phenoxy) is 1. The molecule has 0 atom stereocenters. The van der Waals surface area contributed by atoms with Gasteiger partial charge in [-0.25, -0.2) is 4.39 Å². The SMILES string of the molecule is COc1c(F)cc(C(=O)Cl)cc1C#N. The first kappa shape index (κ1) is 10.5. The summed E-state index contributed by atoms with van der Waals surface area (Å²) in [6.45, 7) is 0. The van der Waals surface area contributed by atoms with Crippen molar-refractivity contribution in [2.75, 3.05) is 7.11 Å². The van der Waals surface area contributed by atoms with Crippen LogP contribution in [0, 0.1) is 17.1 Å². The zero-order valence-electron chi connectivity index (χ0n) is 7.17. The third kappa shape index (κ3) is 1.83. The van der Waals surface area contributed by atoms with Gasteiger partial charge in [0.05, 0.1) is 12.7 Å². The lowest BCUT2D eigenvalue weighted by molar-refractivity contribution is 0.108. The van der Waals surface area contributed by atoms with E-state index in [1.54, 1.807) is 6.07 Å². The van der Waals surface area contributed by atoms with Crippen LogP contribution < -0.4 is 4.74 Å². The van der Waals surface area contributed by atoms with E-state index < -0.39 is 11.1 Å². The molecule has 0 amide bonds. The predicted molar refractivity (Wildman–Crippen MR) is 47.9 cm³/mol. The van der Waals surface area contributed by atoms with Crippen LogP contribution in [0.2, 0.25) is 0 Å². The molecule has 0 unspecified atom stereocenters. The van der Waals surface area contributed by atoms with Gasteiger partial charge >= 0.3 is 0 Å². The van der Waals surface area contributed by atoms with Gasteiger partial charge in [0.25, 0.3) is 5.24 Å². The highest BCUT2D eigenvalue weighted by atomic mass is 35.5. The molecule has 0 saturated heterocycles. The number of rotatable bonds is 2. The Morgan fingerprint density at radius 3 is 2.71 bits per heavy atom. The van der Waals surface area contributed by atoms with Crippen molar-refractivity contribution in [3.8, 4) is 11.8 Å². The van der Waals surface area contributed by atoms with E-state index >= 15 is 0 Å². The van der Waals surface area contributed by atoms with Gasteiger partial charge in [-0.2, -0.15) is 5.26 Å². The summed E-state index contributed by atoms with van der Waals surface area (Å²) in [6, 6.07) is 3.81. The van der Waals surface area contributed by atoms with Crippen molar-refractivity contribution in [1.82, 2.24) is 0 Å². The fourth-order valence-corrected chi connectivity index (χ4v) is 1.11. The quantitative estimate of drug-likeness (QED) is 0.707. The number of hydrogen-bond acceptors (Lipinski definition) is 3. The van der Waals surface area contributed by atoms with Crippen LogP contribution >= 0.6 is 11.6 Å². The summed E-state index contributed by atoms with van der Waals surface area (Å²) in [5.74, 6) is -0.968. The monoisotopic (exact) mass is 213 g/mol. The molecule has 5 heteroatoms. The molecular weight excluding hydrogens is 209 g/mol. The van der Waals surface area contributed by atoms with Crippen molar-refractivity contribution in [2.45, 2.75) is 0 Å². The Morgan fingerprint density at radius 2 is 2.29 bits per heavy atom. The summed E-state index contributed by atoms with van der Waals surface area (Å²) in [5, 5.41) is 7.81. The molecule has 1 aromatic rings. The molecule has 0 aliphatic rings. The second-order valence-electron chi connectivity index (χ2n) is 2.42. The topological polar surface area (TPSA) is 50.1 Å². The highest BCUT2D eigenvalue weighted by Crippen LogP contribution is 2.24. The van der Waals surface area contributed by atoms with Crippen LogP contribution in [0.5, 0.6) is 5.75 Å². The Bertz CT molecular complexity index is 426. The molecule has 0 radical (unpaired) electrons. The van der Waals surface area contributed by atoms with Crippen molar-refractivity contribution < 1.29 is 13.9 Å². The van der Waals surface area contributed by atoms with E-state index in [9.17, 15) is 9.18 Å². The van der Waals surface area contributed by atoms with Gasteiger partial charge in [0.2, 0.25) is 0 Å². The Labute approximate surface area is 84.7 Å². The zero-order chi connectivity index (χ0) is 10.7. The first-order valence-corrected chi connectivity index (χ1v) is 3.95. The summed E-state index contributed by atoms with van der Waals surface area (Å²) in [7, 11) is 1.24. The van der Waals surface area contributed by atoms with Crippen LogP contribution in [0.25, 0.3) is 0 Å². The summed E-state index contributed by atoms with van der Waals surface area (Å²) in [4.78, 5) is 10.7. The molecule has 72 valence electrons. The second kappa shape index (κ2) is 4.07. The van der Waals surface area contributed by atoms with E-state index in [1.165, 1.54) is 13.2 Å². The standard InChI is InChI=1S/C9H5ClFNO2/c1-14-8-6(4-12)2-5(9(10)13)3-7(8)11/h2-3H,1H3. The van der Waals surface area contributed by atoms with Gasteiger partial charge in [0, 0.05) is 5.56 Å². The van der Waals surface area contributed by atoms with Gasteiger partial charge in [0.1, 0.15) is 6.07 Å². The van der Waals surface area contributed by atoms with Crippen molar-refractivity contribution in [3.63, 3.8) is 0 Å². The molecule has 0 aromatic heterocycles. The fraction of sp³-hybridized carbons (Fsp3) is 0.111. The van der Waals surface area contributed by atoms with E-state index in [1.807, 2.05) is 0 Å². The third-order valence-corrected chi connectivity index (χ3v) is 1.81. The molecule has 0 spiro atoms. The highest BCUT2D eigenvalue weighted by Gasteiger charge is 2.13. The maximum atomic E-state index is 13.2. The number of carbonyl (C=O) groups is 1. The highest BCUT2D eigenvalue weighted by molar-refractivity contribution is 6.67. The predicted octanol–water partition coefficient (Wildman–Crippen LogP) is 2.08. The number of hydrogen-bond donors (Lipinski definition) is 0. The maximum absolute atomic E-state index is 13.2. The minimum absolute atomic E-state index is 0.0588. The molecule has 14 heavy (non-hydrogen) atoms. The van der Waals surface area contributed by atoms with E-state index in [0.717, 1.165) is 6.07 Å². The average molecular weight is 214 g/mol. The largest absolute Gasteiger partial charge is 0.492 e. The molecule has 0 heterocycles. The number of methoxy groups -OCH3 is 1. The smallest absolute Gasteiger partial charge is 0.252 e. The van der Waals surface area contributed by atoms with Crippen LogP contribution in [-0.2, 0) is 0 Å². The molecule has 0 aliphatic heterocycles. The molecule has 0 saturated carbocycles.